The SMILES string of the molecule is CCCCC(CC)C(=O)NC(C)(C)CCCl. The molecule has 0 aliphatic heterocycles. The van der Waals surface area contributed by atoms with Gasteiger partial charge in [0.1, 0.15) is 0 Å². The summed E-state index contributed by atoms with van der Waals surface area (Å²) in [7, 11) is 0. The molecule has 1 amide bonds. The van der Waals surface area contributed by atoms with E-state index in [1.54, 1.807) is 0 Å². The van der Waals surface area contributed by atoms with Crippen LogP contribution in [0.1, 0.15) is 59.8 Å². The zero-order chi connectivity index (χ0) is 12.6. The van der Waals surface area contributed by atoms with Gasteiger partial charge in [0.2, 0.25) is 5.91 Å². The van der Waals surface area contributed by atoms with Crippen LogP contribution in [0.4, 0.5) is 0 Å². The van der Waals surface area contributed by atoms with Crippen LogP contribution in [0.25, 0.3) is 0 Å². The van der Waals surface area contributed by atoms with Crippen LogP contribution in [0, 0.1) is 5.92 Å². The molecule has 0 radical (unpaired) electrons. The topological polar surface area (TPSA) is 29.1 Å². The Kier molecular flexibility index (Phi) is 7.82. The molecular formula is C13H26ClNO. The molecule has 1 unspecified atom stereocenters. The van der Waals surface area contributed by atoms with Gasteiger partial charge in [-0.05, 0) is 33.1 Å². The lowest BCUT2D eigenvalue weighted by atomic mass is 9.95. The normalized spacial score (nSPS) is 13.6. The van der Waals surface area contributed by atoms with E-state index in [9.17, 15) is 4.79 Å². The van der Waals surface area contributed by atoms with Crippen LogP contribution in [0.15, 0.2) is 0 Å². The molecule has 16 heavy (non-hydrogen) atoms. The summed E-state index contributed by atoms with van der Waals surface area (Å²) >= 11 is 5.72. The monoisotopic (exact) mass is 247 g/mol. The van der Waals surface area contributed by atoms with Crippen molar-refractivity contribution in [3.63, 3.8) is 0 Å². The van der Waals surface area contributed by atoms with E-state index >= 15 is 0 Å². The highest BCUT2D eigenvalue weighted by Crippen LogP contribution is 2.16. The summed E-state index contributed by atoms with van der Waals surface area (Å²) in [4.78, 5) is 12.0. The highest BCUT2D eigenvalue weighted by Gasteiger charge is 2.23. The van der Waals surface area contributed by atoms with Crippen molar-refractivity contribution in [2.75, 3.05) is 5.88 Å². The maximum Gasteiger partial charge on any atom is 0.223 e. The molecule has 0 aromatic carbocycles. The highest BCUT2D eigenvalue weighted by molar-refractivity contribution is 6.17. The minimum atomic E-state index is -0.182. The lowest BCUT2D eigenvalue weighted by molar-refractivity contribution is -0.127. The number of rotatable bonds is 8. The molecule has 2 nitrogen and oxygen atoms in total. The summed E-state index contributed by atoms with van der Waals surface area (Å²) in [6.45, 7) is 8.29. The number of carbonyl (C=O) groups excluding carboxylic acids is 1. The van der Waals surface area contributed by atoms with Gasteiger partial charge in [0.15, 0.2) is 0 Å². The Balaban J connectivity index is 4.19. The zero-order valence-electron chi connectivity index (χ0n) is 11.1. The van der Waals surface area contributed by atoms with Crippen molar-refractivity contribution in [1.29, 1.82) is 0 Å². The molecule has 0 heterocycles. The fraction of sp³-hybridized carbons (Fsp3) is 0.923. The minimum Gasteiger partial charge on any atom is -0.351 e. The Morgan fingerprint density at radius 1 is 1.38 bits per heavy atom. The largest absolute Gasteiger partial charge is 0.351 e. The molecule has 0 spiro atoms. The standard InChI is InChI=1S/C13H26ClNO/c1-5-7-8-11(6-2)12(16)15-13(3,4)9-10-14/h11H,5-10H2,1-4H3,(H,15,16). The van der Waals surface area contributed by atoms with Crippen molar-refractivity contribution in [1.82, 2.24) is 5.32 Å². The molecule has 1 atom stereocenters. The maximum absolute atomic E-state index is 12.0. The molecule has 96 valence electrons. The van der Waals surface area contributed by atoms with Gasteiger partial charge in [0, 0.05) is 17.3 Å². The van der Waals surface area contributed by atoms with Crippen molar-refractivity contribution >= 4 is 17.5 Å². The number of nitrogens with one attached hydrogen (secondary N) is 1. The lowest BCUT2D eigenvalue weighted by Crippen LogP contribution is -2.46. The molecule has 3 heteroatoms. The van der Waals surface area contributed by atoms with Crippen molar-refractivity contribution in [3.05, 3.63) is 0 Å². The van der Waals surface area contributed by atoms with Crippen molar-refractivity contribution in [2.24, 2.45) is 5.92 Å². The van der Waals surface area contributed by atoms with Gasteiger partial charge < -0.3 is 5.32 Å². The summed E-state index contributed by atoms with van der Waals surface area (Å²) < 4.78 is 0. The quantitative estimate of drug-likeness (QED) is 0.651. The van der Waals surface area contributed by atoms with E-state index in [-0.39, 0.29) is 17.4 Å². The van der Waals surface area contributed by atoms with Gasteiger partial charge in [-0.15, -0.1) is 11.6 Å². The number of hydrogen-bond acceptors (Lipinski definition) is 1. The number of alkyl halides is 1. The van der Waals surface area contributed by atoms with E-state index in [1.807, 2.05) is 13.8 Å². The van der Waals surface area contributed by atoms with Crippen molar-refractivity contribution in [3.8, 4) is 0 Å². The first kappa shape index (κ1) is 15.8. The number of amides is 1. The first-order valence-electron chi connectivity index (χ1n) is 6.34. The van der Waals surface area contributed by atoms with E-state index < -0.39 is 0 Å². The van der Waals surface area contributed by atoms with Crippen LogP contribution >= 0.6 is 11.6 Å². The number of hydrogen-bond donors (Lipinski definition) is 1. The molecule has 0 rings (SSSR count). The van der Waals surface area contributed by atoms with Crippen LogP contribution in [0.5, 0.6) is 0 Å². The van der Waals surface area contributed by atoms with Gasteiger partial charge >= 0.3 is 0 Å². The van der Waals surface area contributed by atoms with E-state index in [2.05, 4.69) is 19.2 Å². The molecule has 0 saturated heterocycles. The second-order valence-electron chi connectivity index (χ2n) is 5.06. The molecule has 0 bridgehead atoms. The van der Waals surface area contributed by atoms with Crippen LogP contribution in [-0.4, -0.2) is 17.3 Å². The zero-order valence-corrected chi connectivity index (χ0v) is 11.9. The maximum atomic E-state index is 12.0. The van der Waals surface area contributed by atoms with Crippen LogP contribution in [0.3, 0.4) is 0 Å². The van der Waals surface area contributed by atoms with Crippen LogP contribution < -0.4 is 5.32 Å². The molecule has 0 aromatic rings. The first-order valence-corrected chi connectivity index (χ1v) is 6.88. The fourth-order valence-corrected chi connectivity index (χ4v) is 2.18. The average molecular weight is 248 g/mol. The Labute approximate surface area is 105 Å². The Hall–Kier alpha value is -0.240. The average Bonchev–Trinajstić information content (AvgIpc) is 2.17. The number of carbonyl (C=O) groups is 1. The second-order valence-corrected chi connectivity index (χ2v) is 5.44. The van der Waals surface area contributed by atoms with E-state index in [1.165, 1.54) is 0 Å². The van der Waals surface area contributed by atoms with Gasteiger partial charge in [0.05, 0.1) is 0 Å². The highest BCUT2D eigenvalue weighted by atomic mass is 35.5. The molecule has 0 saturated carbocycles. The molecular weight excluding hydrogens is 222 g/mol. The van der Waals surface area contributed by atoms with Gasteiger partial charge in [-0.25, -0.2) is 0 Å². The Bertz CT molecular complexity index is 204. The summed E-state index contributed by atoms with van der Waals surface area (Å²) in [5, 5.41) is 3.09. The van der Waals surface area contributed by atoms with Gasteiger partial charge in [-0.3, -0.25) is 4.79 Å². The molecule has 0 fully saturated rings. The van der Waals surface area contributed by atoms with Crippen molar-refractivity contribution in [2.45, 2.75) is 65.3 Å². The van der Waals surface area contributed by atoms with Gasteiger partial charge in [-0.1, -0.05) is 26.7 Å². The molecule has 1 N–H and O–H groups in total. The fourth-order valence-electron chi connectivity index (χ4n) is 1.71. The van der Waals surface area contributed by atoms with Gasteiger partial charge in [-0.2, -0.15) is 0 Å². The lowest BCUT2D eigenvalue weighted by Gasteiger charge is -2.28. The third-order valence-electron chi connectivity index (χ3n) is 2.95. The van der Waals surface area contributed by atoms with E-state index in [4.69, 9.17) is 11.6 Å². The minimum absolute atomic E-state index is 0.162. The van der Waals surface area contributed by atoms with Gasteiger partial charge in [0.25, 0.3) is 0 Å². The molecule has 0 aromatic heterocycles. The summed E-state index contributed by atoms with van der Waals surface area (Å²) in [6, 6.07) is 0. The van der Waals surface area contributed by atoms with Crippen LogP contribution in [-0.2, 0) is 4.79 Å². The Morgan fingerprint density at radius 2 is 2.00 bits per heavy atom. The van der Waals surface area contributed by atoms with E-state index in [0.717, 1.165) is 32.1 Å². The predicted octanol–water partition coefficient (Wildman–Crippen LogP) is 3.73. The molecule has 0 aliphatic rings. The van der Waals surface area contributed by atoms with E-state index in [0.29, 0.717) is 5.88 Å². The first-order chi connectivity index (χ1) is 7.46. The Morgan fingerprint density at radius 3 is 2.44 bits per heavy atom. The third kappa shape index (κ3) is 6.37. The number of unbranched alkanes of at least 4 members (excludes halogenated alkanes) is 1. The second kappa shape index (κ2) is 7.94. The predicted molar refractivity (Wildman–Crippen MR) is 70.9 cm³/mol. The summed E-state index contributed by atoms with van der Waals surface area (Å²) in [5.41, 5.74) is -0.182. The summed E-state index contributed by atoms with van der Waals surface area (Å²) in [5.74, 6) is 0.930. The summed E-state index contributed by atoms with van der Waals surface area (Å²) in [6.07, 6.45) is 5.00. The smallest absolute Gasteiger partial charge is 0.223 e. The molecule has 0 aliphatic carbocycles. The van der Waals surface area contributed by atoms with Crippen molar-refractivity contribution < 1.29 is 4.79 Å². The third-order valence-corrected chi connectivity index (χ3v) is 3.14. The number of halogens is 1. The van der Waals surface area contributed by atoms with Crippen LogP contribution in [0.2, 0.25) is 0 Å².